The number of carbonyl (C=O) groups excluding carboxylic acids is 3. The van der Waals surface area contributed by atoms with Crippen molar-refractivity contribution in [2.24, 2.45) is 11.8 Å². The Hall–Kier alpha value is -4.79. The maximum absolute atomic E-state index is 14.2. The number of nitrogens with zero attached hydrogens (tertiary/aromatic N) is 2. The first kappa shape index (κ1) is 23.3. The minimum absolute atomic E-state index is 0.0774. The van der Waals surface area contributed by atoms with Crippen molar-refractivity contribution in [3.63, 3.8) is 0 Å². The normalized spacial score (nSPS) is 23.9. The molecule has 3 aromatic rings. The number of methoxy groups -OCH3 is 2. The standard InChI is InChI=1S/C30H24N2O7/c1-36-20-9-7-17(13-22(20)37-2)28(33)27-25-24(26-19-6-4-3-5-16(19)11-12-31(26)27)29(34)32(30(25)35)18-8-10-21-23(14-18)39-15-38-21/h3-14,24-27H,15H2,1-2H3/t24-,25+,26+,27-/m0/s1. The van der Waals surface area contributed by atoms with Gasteiger partial charge >= 0.3 is 0 Å². The van der Waals surface area contributed by atoms with E-state index in [1.54, 1.807) is 36.4 Å². The lowest BCUT2D eigenvalue weighted by molar-refractivity contribution is -0.123. The van der Waals surface area contributed by atoms with Gasteiger partial charge in [0.2, 0.25) is 18.6 Å². The average Bonchev–Trinajstić information content (AvgIpc) is 3.64. The predicted octanol–water partition coefficient (Wildman–Crippen LogP) is 3.83. The molecule has 9 heteroatoms. The van der Waals surface area contributed by atoms with Crippen LogP contribution in [0.1, 0.15) is 27.5 Å². The second-order valence-corrected chi connectivity index (χ2v) is 9.82. The molecule has 3 aromatic carbocycles. The number of ketones is 1. The maximum atomic E-state index is 14.2. The van der Waals surface area contributed by atoms with Gasteiger partial charge in [-0.15, -0.1) is 0 Å². The van der Waals surface area contributed by atoms with Gasteiger partial charge in [-0.25, -0.2) is 4.90 Å². The molecular weight excluding hydrogens is 500 g/mol. The molecule has 2 fully saturated rings. The first-order valence-corrected chi connectivity index (χ1v) is 12.6. The van der Waals surface area contributed by atoms with Gasteiger partial charge in [0.25, 0.3) is 0 Å². The predicted molar refractivity (Wildman–Crippen MR) is 140 cm³/mol. The summed E-state index contributed by atoms with van der Waals surface area (Å²) in [5, 5.41) is 0. The summed E-state index contributed by atoms with van der Waals surface area (Å²) >= 11 is 0. The van der Waals surface area contributed by atoms with Gasteiger partial charge in [0.15, 0.2) is 28.8 Å². The summed E-state index contributed by atoms with van der Waals surface area (Å²) in [6.45, 7) is 0.0774. The molecule has 2 amide bonds. The van der Waals surface area contributed by atoms with Gasteiger partial charge < -0.3 is 23.8 Å². The van der Waals surface area contributed by atoms with Crippen molar-refractivity contribution >= 4 is 29.4 Å². The number of carbonyl (C=O) groups is 3. The van der Waals surface area contributed by atoms with Crippen LogP contribution in [0.15, 0.2) is 66.9 Å². The van der Waals surface area contributed by atoms with Crippen molar-refractivity contribution in [2.45, 2.75) is 12.1 Å². The zero-order valence-corrected chi connectivity index (χ0v) is 21.2. The summed E-state index contributed by atoms with van der Waals surface area (Å²) in [7, 11) is 3.02. The van der Waals surface area contributed by atoms with E-state index in [-0.39, 0.29) is 18.5 Å². The molecule has 7 rings (SSSR count). The summed E-state index contributed by atoms with van der Waals surface area (Å²) in [5.41, 5.74) is 2.63. The first-order chi connectivity index (χ1) is 19.0. The van der Waals surface area contributed by atoms with E-state index in [1.807, 2.05) is 41.4 Å². The average molecular weight is 525 g/mol. The van der Waals surface area contributed by atoms with Crippen LogP contribution in [0, 0.1) is 11.8 Å². The molecule has 196 valence electrons. The van der Waals surface area contributed by atoms with Crippen molar-refractivity contribution < 1.29 is 33.3 Å². The number of hydrogen-bond acceptors (Lipinski definition) is 8. The summed E-state index contributed by atoms with van der Waals surface area (Å²) < 4.78 is 21.6. The van der Waals surface area contributed by atoms with Crippen LogP contribution in [0.4, 0.5) is 5.69 Å². The molecule has 2 saturated heterocycles. The molecule has 9 nitrogen and oxygen atoms in total. The zero-order valence-electron chi connectivity index (χ0n) is 21.2. The van der Waals surface area contributed by atoms with E-state index in [2.05, 4.69) is 0 Å². The van der Waals surface area contributed by atoms with Crippen molar-refractivity contribution in [1.29, 1.82) is 0 Å². The smallest absolute Gasteiger partial charge is 0.240 e. The van der Waals surface area contributed by atoms with Crippen molar-refractivity contribution in [1.82, 2.24) is 4.90 Å². The van der Waals surface area contributed by atoms with E-state index in [4.69, 9.17) is 18.9 Å². The monoisotopic (exact) mass is 524 g/mol. The van der Waals surface area contributed by atoms with Crippen LogP contribution in [0.2, 0.25) is 0 Å². The lowest BCUT2D eigenvalue weighted by atomic mass is 9.83. The molecule has 0 saturated carbocycles. The fourth-order valence-electron chi connectivity index (χ4n) is 6.30. The SMILES string of the molecule is COc1ccc(C(=O)[C@@H]2[C@@H]3C(=O)N(c4ccc5c(c4)OCO5)C(=O)[C@@H]3[C@H]3c4ccccc4C=CN23)cc1OC. The van der Waals surface area contributed by atoms with Gasteiger partial charge in [-0.2, -0.15) is 0 Å². The number of amides is 2. The Morgan fingerprint density at radius 3 is 2.46 bits per heavy atom. The second kappa shape index (κ2) is 8.62. The largest absolute Gasteiger partial charge is 0.493 e. The molecule has 4 aliphatic heterocycles. The van der Waals surface area contributed by atoms with Crippen LogP contribution in [0.5, 0.6) is 23.0 Å². The quantitative estimate of drug-likeness (QED) is 0.367. The van der Waals surface area contributed by atoms with Gasteiger partial charge in [0.1, 0.15) is 6.04 Å². The molecule has 0 aromatic heterocycles. The summed E-state index contributed by atoms with van der Waals surface area (Å²) in [4.78, 5) is 45.5. The minimum atomic E-state index is -0.891. The van der Waals surface area contributed by atoms with Crippen LogP contribution in [0.3, 0.4) is 0 Å². The molecule has 4 heterocycles. The van der Waals surface area contributed by atoms with Gasteiger partial charge in [0, 0.05) is 17.8 Å². The molecule has 39 heavy (non-hydrogen) atoms. The Morgan fingerprint density at radius 2 is 1.64 bits per heavy atom. The van der Waals surface area contributed by atoms with Crippen LogP contribution in [-0.4, -0.2) is 49.6 Å². The van der Waals surface area contributed by atoms with E-state index in [9.17, 15) is 14.4 Å². The Morgan fingerprint density at radius 1 is 0.872 bits per heavy atom. The molecular formula is C30H24N2O7. The Bertz CT molecular complexity index is 1580. The zero-order chi connectivity index (χ0) is 26.8. The molecule has 0 spiro atoms. The third-order valence-electron chi connectivity index (χ3n) is 8.01. The number of fused-ring (bicyclic) bond motifs is 6. The van der Waals surface area contributed by atoms with Crippen molar-refractivity contribution in [3.8, 4) is 23.0 Å². The minimum Gasteiger partial charge on any atom is -0.493 e. The molecule has 0 bridgehead atoms. The van der Waals surface area contributed by atoms with Crippen molar-refractivity contribution in [3.05, 3.63) is 83.6 Å². The number of imide groups is 1. The lowest BCUT2D eigenvalue weighted by Crippen LogP contribution is -2.44. The molecule has 4 aliphatic rings. The Labute approximate surface area is 224 Å². The van der Waals surface area contributed by atoms with Gasteiger partial charge in [-0.05, 0) is 47.5 Å². The summed E-state index contributed by atoms with van der Waals surface area (Å²) in [6, 6.07) is 16.3. The Kier molecular flexibility index (Phi) is 5.16. The second-order valence-electron chi connectivity index (χ2n) is 9.82. The molecule has 0 N–H and O–H groups in total. The van der Waals surface area contributed by atoms with E-state index in [1.165, 1.54) is 19.1 Å². The van der Waals surface area contributed by atoms with E-state index in [0.717, 1.165) is 11.1 Å². The Balaban J connectivity index is 1.35. The van der Waals surface area contributed by atoms with Crippen LogP contribution < -0.4 is 23.8 Å². The molecule has 0 radical (unpaired) electrons. The van der Waals surface area contributed by atoms with Gasteiger partial charge in [0.05, 0.1) is 37.8 Å². The van der Waals surface area contributed by atoms with Gasteiger partial charge in [-0.1, -0.05) is 24.3 Å². The highest BCUT2D eigenvalue weighted by Gasteiger charge is 2.64. The number of rotatable bonds is 5. The molecule has 4 atom stereocenters. The van der Waals surface area contributed by atoms with Crippen LogP contribution in [0.25, 0.3) is 6.08 Å². The number of anilines is 1. The van der Waals surface area contributed by atoms with Crippen LogP contribution in [-0.2, 0) is 9.59 Å². The van der Waals surface area contributed by atoms with Crippen LogP contribution >= 0.6 is 0 Å². The number of Topliss-reactive ketones (excluding diaryl/α,β-unsaturated/α-hetero) is 1. The van der Waals surface area contributed by atoms with E-state index in [0.29, 0.717) is 34.2 Å². The molecule has 0 unspecified atom stereocenters. The highest BCUT2D eigenvalue weighted by molar-refractivity contribution is 6.24. The van der Waals surface area contributed by atoms with Crippen molar-refractivity contribution in [2.75, 3.05) is 25.9 Å². The molecule has 0 aliphatic carbocycles. The third kappa shape index (κ3) is 3.29. The summed E-state index contributed by atoms with van der Waals surface area (Å²) in [6.07, 6.45) is 3.76. The maximum Gasteiger partial charge on any atom is 0.240 e. The highest BCUT2D eigenvalue weighted by atomic mass is 16.7. The third-order valence-corrected chi connectivity index (χ3v) is 8.01. The topological polar surface area (TPSA) is 94.6 Å². The number of benzene rings is 3. The lowest BCUT2D eigenvalue weighted by Gasteiger charge is -2.35. The van der Waals surface area contributed by atoms with Gasteiger partial charge in [-0.3, -0.25) is 14.4 Å². The van der Waals surface area contributed by atoms with E-state index < -0.39 is 29.8 Å². The fraction of sp³-hybridized carbons (Fsp3) is 0.233. The fourth-order valence-corrected chi connectivity index (χ4v) is 6.30. The number of ether oxygens (including phenoxy) is 4. The summed E-state index contributed by atoms with van der Waals surface area (Å²) in [5.74, 6) is -0.741. The van der Waals surface area contributed by atoms with E-state index >= 15 is 0 Å². The first-order valence-electron chi connectivity index (χ1n) is 12.6. The highest BCUT2D eigenvalue weighted by Crippen LogP contribution is 2.54. The number of hydrogen-bond donors (Lipinski definition) is 0.